The zero-order valence-electron chi connectivity index (χ0n) is 10.6. The van der Waals surface area contributed by atoms with Gasteiger partial charge in [-0.05, 0) is 31.2 Å². The fourth-order valence-corrected chi connectivity index (χ4v) is 1.66. The van der Waals surface area contributed by atoms with Gasteiger partial charge in [-0.3, -0.25) is 9.67 Å². The number of hydrogen-bond donors (Lipinski definition) is 2. The number of nitrogens with zero attached hydrogens (tertiary/aromatic N) is 3. The first-order valence-electron chi connectivity index (χ1n) is 6.21. The van der Waals surface area contributed by atoms with Crippen molar-refractivity contribution in [2.24, 2.45) is 10.9 Å². The maximum absolute atomic E-state index is 4.24. The molecule has 1 aliphatic rings. The summed E-state index contributed by atoms with van der Waals surface area (Å²) in [5.74, 6) is 1.75. The van der Waals surface area contributed by atoms with E-state index in [4.69, 9.17) is 0 Å². The summed E-state index contributed by atoms with van der Waals surface area (Å²) in [6.45, 7) is 4.79. The third-order valence-electron chi connectivity index (χ3n) is 2.87. The van der Waals surface area contributed by atoms with E-state index in [1.807, 2.05) is 24.0 Å². The van der Waals surface area contributed by atoms with E-state index >= 15 is 0 Å². The lowest BCUT2D eigenvalue weighted by Gasteiger charge is -2.11. The summed E-state index contributed by atoms with van der Waals surface area (Å²) in [6, 6.07) is 0. The molecule has 5 heteroatoms. The summed E-state index contributed by atoms with van der Waals surface area (Å²) >= 11 is 0. The minimum atomic E-state index is 0.839. The maximum Gasteiger partial charge on any atom is 0.191 e. The fraction of sp³-hybridized carbons (Fsp3) is 0.667. The van der Waals surface area contributed by atoms with E-state index < -0.39 is 0 Å². The second kappa shape index (κ2) is 5.70. The standard InChI is InChI=1S/C12H21N5/c1-10-7-16-17(9-10)6-5-14-12(13-2)15-8-11-3-4-11/h7,9,11H,3-6,8H2,1-2H3,(H2,13,14,15). The number of rotatable bonds is 5. The number of hydrogen-bond acceptors (Lipinski definition) is 2. The summed E-state index contributed by atoms with van der Waals surface area (Å²) < 4.78 is 1.94. The van der Waals surface area contributed by atoms with Crippen molar-refractivity contribution < 1.29 is 0 Å². The van der Waals surface area contributed by atoms with Crippen molar-refractivity contribution in [2.75, 3.05) is 20.1 Å². The zero-order valence-corrected chi connectivity index (χ0v) is 10.6. The van der Waals surface area contributed by atoms with Crippen molar-refractivity contribution >= 4 is 5.96 Å². The van der Waals surface area contributed by atoms with Gasteiger partial charge in [0, 0.05) is 26.3 Å². The first-order valence-corrected chi connectivity index (χ1v) is 6.21. The summed E-state index contributed by atoms with van der Waals surface area (Å²) in [5, 5.41) is 10.9. The molecule has 1 aliphatic carbocycles. The van der Waals surface area contributed by atoms with Gasteiger partial charge in [-0.1, -0.05) is 0 Å². The Balaban J connectivity index is 1.65. The largest absolute Gasteiger partial charge is 0.356 e. The summed E-state index contributed by atoms with van der Waals surface area (Å²) in [4.78, 5) is 4.19. The number of aromatic nitrogens is 2. The molecule has 2 rings (SSSR count). The van der Waals surface area contributed by atoms with E-state index in [-0.39, 0.29) is 0 Å². The smallest absolute Gasteiger partial charge is 0.191 e. The lowest BCUT2D eigenvalue weighted by molar-refractivity contribution is 0.596. The van der Waals surface area contributed by atoms with Gasteiger partial charge in [0.25, 0.3) is 0 Å². The van der Waals surface area contributed by atoms with E-state index in [0.29, 0.717) is 0 Å². The van der Waals surface area contributed by atoms with Gasteiger partial charge < -0.3 is 10.6 Å². The van der Waals surface area contributed by atoms with Crippen molar-refractivity contribution in [1.29, 1.82) is 0 Å². The van der Waals surface area contributed by atoms with Gasteiger partial charge in [0.05, 0.1) is 12.7 Å². The minimum Gasteiger partial charge on any atom is -0.356 e. The van der Waals surface area contributed by atoms with E-state index in [1.165, 1.54) is 18.4 Å². The van der Waals surface area contributed by atoms with Gasteiger partial charge in [-0.25, -0.2) is 0 Å². The molecule has 17 heavy (non-hydrogen) atoms. The van der Waals surface area contributed by atoms with Crippen LogP contribution in [0.25, 0.3) is 0 Å². The molecular formula is C12H21N5. The van der Waals surface area contributed by atoms with Crippen LogP contribution in [0.1, 0.15) is 18.4 Å². The molecule has 0 saturated heterocycles. The van der Waals surface area contributed by atoms with Crippen LogP contribution in [0.5, 0.6) is 0 Å². The van der Waals surface area contributed by atoms with Crippen LogP contribution in [-0.2, 0) is 6.54 Å². The fourth-order valence-electron chi connectivity index (χ4n) is 1.66. The molecule has 0 aromatic carbocycles. The zero-order chi connectivity index (χ0) is 12.1. The second-order valence-electron chi connectivity index (χ2n) is 4.60. The van der Waals surface area contributed by atoms with Crippen molar-refractivity contribution in [2.45, 2.75) is 26.3 Å². The van der Waals surface area contributed by atoms with Crippen LogP contribution in [0.3, 0.4) is 0 Å². The molecular weight excluding hydrogens is 214 g/mol. The maximum atomic E-state index is 4.24. The van der Waals surface area contributed by atoms with Crippen LogP contribution in [0.2, 0.25) is 0 Å². The van der Waals surface area contributed by atoms with Gasteiger partial charge in [-0.15, -0.1) is 0 Å². The second-order valence-corrected chi connectivity index (χ2v) is 4.60. The summed E-state index contributed by atoms with van der Waals surface area (Å²) in [7, 11) is 1.81. The van der Waals surface area contributed by atoms with Crippen LogP contribution in [0, 0.1) is 12.8 Å². The SMILES string of the molecule is CN=C(NCCn1cc(C)cn1)NCC1CC1. The number of aryl methyl sites for hydroxylation is 1. The highest BCUT2D eigenvalue weighted by Crippen LogP contribution is 2.27. The lowest BCUT2D eigenvalue weighted by atomic mass is 10.4. The molecule has 1 aromatic rings. The Morgan fingerprint density at radius 2 is 2.35 bits per heavy atom. The number of guanidine groups is 1. The topological polar surface area (TPSA) is 54.2 Å². The highest BCUT2D eigenvalue weighted by Gasteiger charge is 2.20. The lowest BCUT2D eigenvalue weighted by Crippen LogP contribution is -2.39. The summed E-state index contributed by atoms with van der Waals surface area (Å²) in [5.41, 5.74) is 1.20. The average Bonchev–Trinajstić information content (AvgIpc) is 3.06. The van der Waals surface area contributed by atoms with Crippen LogP contribution in [0.15, 0.2) is 17.4 Å². The molecule has 0 atom stereocenters. The Morgan fingerprint density at radius 3 is 2.94 bits per heavy atom. The van der Waals surface area contributed by atoms with Crippen LogP contribution in [0.4, 0.5) is 0 Å². The molecule has 94 valence electrons. The molecule has 2 N–H and O–H groups in total. The molecule has 0 unspecified atom stereocenters. The summed E-state index contributed by atoms with van der Waals surface area (Å²) in [6.07, 6.45) is 6.63. The van der Waals surface area contributed by atoms with E-state index in [9.17, 15) is 0 Å². The first kappa shape index (κ1) is 12.0. The van der Waals surface area contributed by atoms with Crippen LogP contribution >= 0.6 is 0 Å². The van der Waals surface area contributed by atoms with E-state index in [0.717, 1.165) is 31.5 Å². The van der Waals surface area contributed by atoms with Crippen molar-refractivity contribution in [3.63, 3.8) is 0 Å². The highest BCUT2D eigenvalue weighted by molar-refractivity contribution is 5.79. The van der Waals surface area contributed by atoms with Gasteiger partial charge in [0.2, 0.25) is 0 Å². The molecule has 0 radical (unpaired) electrons. The third kappa shape index (κ3) is 4.09. The van der Waals surface area contributed by atoms with Crippen molar-refractivity contribution in [1.82, 2.24) is 20.4 Å². The molecule has 0 aliphatic heterocycles. The van der Waals surface area contributed by atoms with Crippen molar-refractivity contribution in [3.8, 4) is 0 Å². The average molecular weight is 235 g/mol. The predicted molar refractivity (Wildman–Crippen MR) is 69.1 cm³/mol. The molecule has 5 nitrogen and oxygen atoms in total. The number of aliphatic imine (C=N–C) groups is 1. The van der Waals surface area contributed by atoms with Gasteiger partial charge >= 0.3 is 0 Å². The van der Waals surface area contributed by atoms with Crippen LogP contribution < -0.4 is 10.6 Å². The monoisotopic (exact) mass is 235 g/mol. The predicted octanol–water partition coefficient (Wildman–Crippen LogP) is 0.767. The van der Waals surface area contributed by atoms with Gasteiger partial charge in [0.1, 0.15) is 0 Å². The van der Waals surface area contributed by atoms with Gasteiger partial charge in [0.15, 0.2) is 5.96 Å². The van der Waals surface area contributed by atoms with E-state index in [1.54, 1.807) is 7.05 Å². The van der Waals surface area contributed by atoms with Crippen LogP contribution in [-0.4, -0.2) is 35.9 Å². The Bertz CT molecular complexity index is 378. The highest BCUT2D eigenvalue weighted by atomic mass is 15.3. The third-order valence-corrected chi connectivity index (χ3v) is 2.87. The molecule has 0 amide bonds. The molecule has 1 fully saturated rings. The van der Waals surface area contributed by atoms with Gasteiger partial charge in [-0.2, -0.15) is 5.10 Å². The Morgan fingerprint density at radius 1 is 1.53 bits per heavy atom. The minimum absolute atomic E-state index is 0.839. The Kier molecular flexibility index (Phi) is 4.01. The molecule has 0 bridgehead atoms. The first-order chi connectivity index (χ1) is 8.28. The van der Waals surface area contributed by atoms with Crippen molar-refractivity contribution in [3.05, 3.63) is 18.0 Å². The normalized spacial score (nSPS) is 16.0. The molecule has 1 heterocycles. The Labute approximate surface area is 102 Å². The van der Waals surface area contributed by atoms with E-state index in [2.05, 4.69) is 20.7 Å². The molecule has 1 saturated carbocycles. The Hall–Kier alpha value is -1.52. The molecule has 0 spiro atoms. The molecule has 1 aromatic heterocycles. The quantitative estimate of drug-likeness (QED) is 0.585. The number of nitrogens with one attached hydrogen (secondary N) is 2.